The van der Waals surface area contributed by atoms with Crippen molar-refractivity contribution >= 4 is 5.91 Å². The van der Waals surface area contributed by atoms with Gasteiger partial charge in [0.15, 0.2) is 6.10 Å². The van der Waals surface area contributed by atoms with E-state index in [1.165, 1.54) is 0 Å². The molecule has 2 N–H and O–H groups in total. The molecule has 0 aliphatic heterocycles. The quantitative estimate of drug-likeness (QED) is 0.756. The van der Waals surface area contributed by atoms with E-state index in [2.05, 4.69) is 11.9 Å². The minimum atomic E-state index is -1.11. The molecule has 0 aromatic heterocycles. The number of hydrogen-bond donors (Lipinski definition) is 2. The molecule has 0 fully saturated rings. The molecule has 1 amide bonds. The highest BCUT2D eigenvalue weighted by molar-refractivity contribution is 5.82. The molecule has 0 bridgehead atoms. The van der Waals surface area contributed by atoms with Crippen LogP contribution in [-0.4, -0.2) is 17.6 Å². The second kappa shape index (κ2) is 5.47. The van der Waals surface area contributed by atoms with Gasteiger partial charge in [-0.3, -0.25) is 4.79 Å². The molecule has 0 heterocycles. The van der Waals surface area contributed by atoms with Crippen molar-refractivity contribution in [2.45, 2.75) is 20.0 Å². The van der Waals surface area contributed by atoms with Crippen LogP contribution >= 0.6 is 0 Å². The first kappa shape index (κ1) is 12.5. The van der Waals surface area contributed by atoms with Crippen LogP contribution in [0.1, 0.15) is 22.8 Å². The minimum Gasteiger partial charge on any atom is -0.378 e. The van der Waals surface area contributed by atoms with Crippen LogP contribution in [0.3, 0.4) is 0 Å². The van der Waals surface area contributed by atoms with Crippen molar-refractivity contribution in [3.05, 3.63) is 47.5 Å². The van der Waals surface area contributed by atoms with Crippen LogP contribution < -0.4 is 5.32 Å². The zero-order valence-electron chi connectivity index (χ0n) is 9.66. The zero-order chi connectivity index (χ0) is 12.1. The minimum absolute atomic E-state index is 0.362. The third kappa shape index (κ3) is 2.94. The summed E-state index contributed by atoms with van der Waals surface area (Å²) in [6, 6.07) is 5.61. The number of amides is 1. The second-order valence-electron chi connectivity index (χ2n) is 3.80. The summed E-state index contributed by atoms with van der Waals surface area (Å²) in [6.07, 6.45) is 0.465. The van der Waals surface area contributed by atoms with Crippen LogP contribution in [0.15, 0.2) is 30.9 Å². The van der Waals surface area contributed by atoms with Gasteiger partial charge < -0.3 is 10.4 Å². The van der Waals surface area contributed by atoms with Gasteiger partial charge in [0.05, 0.1) is 0 Å². The number of aliphatic hydroxyl groups excluding tert-OH is 1. The zero-order valence-corrected chi connectivity index (χ0v) is 9.66. The molecule has 0 spiro atoms. The summed E-state index contributed by atoms with van der Waals surface area (Å²) in [5.74, 6) is -0.396. The van der Waals surface area contributed by atoms with E-state index in [0.29, 0.717) is 12.1 Å². The molecule has 3 heteroatoms. The predicted octanol–water partition coefficient (Wildman–Crippen LogP) is 1.64. The van der Waals surface area contributed by atoms with E-state index in [9.17, 15) is 9.90 Å². The molecular weight excluding hydrogens is 202 g/mol. The van der Waals surface area contributed by atoms with Crippen molar-refractivity contribution in [2.24, 2.45) is 0 Å². The van der Waals surface area contributed by atoms with Crippen LogP contribution in [0.5, 0.6) is 0 Å². The van der Waals surface area contributed by atoms with Gasteiger partial charge in [0.1, 0.15) is 0 Å². The Morgan fingerprint density at radius 2 is 2.25 bits per heavy atom. The summed E-state index contributed by atoms with van der Waals surface area (Å²) in [6.45, 7) is 7.71. The van der Waals surface area contributed by atoms with Crippen LogP contribution in [-0.2, 0) is 4.79 Å². The number of aliphatic hydroxyl groups is 1. The Balaban J connectivity index is 2.83. The molecule has 1 aromatic rings. The van der Waals surface area contributed by atoms with Crippen molar-refractivity contribution < 1.29 is 9.90 Å². The number of hydrogen-bond acceptors (Lipinski definition) is 2. The van der Waals surface area contributed by atoms with Gasteiger partial charge in [0.25, 0.3) is 5.91 Å². The molecule has 1 rings (SSSR count). The van der Waals surface area contributed by atoms with Crippen molar-refractivity contribution in [3.8, 4) is 0 Å². The van der Waals surface area contributed by atoms with Crippen molar-refractivity contribution in [1.29, 1.82) is 0 Å². The van der Waals surface area contributed by atoms with Gasteiger partial charge in [-0.2, -0.15) is 0 Å². The van der Waals surface area contributed by atoms with Crippen LogP contribution in [0.2, 0.25) is 0 Å². The normalized spacial score (nSPS) is 11.9. The van der Waals surface area contributed by atoms with E-state index in [1.807, 2.05) is 26.0 Å². The lowest BCUT2D eigenvalue weighted by Crippen LogP contribution is -2.29. The molecule has 1 unspecified atom stereocenters. The second-order valence-corrected chi connectivity index (χ2v) is 3.80. The van der Waals surface area contributed by atoms with E-state index in [0.717, 1.165) is 11.1 Å². The standard InChI is InChI=1S/C13H17NO2/c1-4-7-14-13(16)12(15)11-6-5-9(2)8-10(11)3/h4-6,8,12,15H,1,7H2,2-3H3,(H,14,16). The number of carbonyl (C=O) groups is 1. The summed E-state index contributed by atoms with van der Waals surface area (Å²) >= 11 is 0. The molecule has 0 aliphatic carbocycles. The molecular formula is C13H17NO2. The fourth-order valence-corrected chi connectivity index (χ4v) is 1.54. The van der Waals surface area contributed by atoms with Gasteiger partial charge in [-0.25, -0.2) is 0 Å². The van der Waals surface area contributed by atoms with E-state index in [1.54, 1.807) is 12.1 Å². The van der Waals surface area contributed by atoms with E-state index < -0.39 is 12.0 Å². The predicted molar refractivity (Wildman–Crippen MR) is 64.1 cm³/mol. The number of aryl methyl sites for hydroxylation is 2. The molecule has 86 valence electrons. The maximum atomic E-state index is 11.5. The van der Waals surface area contributed by atoms with Crippen molar-refractivity contribution in [1.82, 2.24) is 5.32 Å². The number of nitrogens with one attached hydrogen (secondary N) is 1. The Bertz CT molecular complexity index is 399. The van der Waals surface area contributed by atoms with Crippen LogP contribution in [0.25, 0.3) is 0 Å². The van der Waals surface area contributed by atoms with Gasteiger partial charge in [0, 0.05) is 6.54 Å². The Kier molecular flexibility index (Phi) is 4.26. The first-order valence-corrected chi connectivity index (χ1v) is 5.20. The molecule has 1 atom stereocenters. The third-order valence-electron chi connectivity index (χ3n) is 2.39. The Morgan fingerprint density at radius 3 is 2.81 bits per heavy atom. The van der Waals surface area contributed by atoms with Crippen LogP contribution in [0.4, 0.5) is 0 Å². The molecule has 1 aromatic carbocycles. The lowest BCUT2D eigenvalue weighted by molar-refractivity contribution is -0.129. The molecule has 16 heavy (non-hydrogen) atoms. The lowest BCUT2D eigenvalue weighted by Gasteiger charge is -2.13. The molecule has 0 saturated carbocycles. The van der Waals surface area contributed by atoms with Crippen molar-refractivity contribution in [2.75, 3.05) is 6.54 Å². The van der Waals surface area contributed by atoms with Gasteiger partial charge in [-0.05, 0) is 25.0 Å². The maximum absolute atomic E-state index is 11.5. The highest BCUT2D eigenvalue weighted by Crippen LogP contribution is 2.18. The molecule has 0 saturated heterocycles. The Hall–Kier alpha value is -1.61. The highest BCUT2D eigenvalue weighted by Gasteiger charge is 2.18. The van der Waals surface area contributed by atoms with Gasteiger partial charge in [-0.1, -0.05) is 29.8 Å². The van der Waals surface area contributed by atoms with Crippen LogP contribution in [0, 0.1) is 13.8 Å². The molecule has 0 aliphatic rings. The van der Waals surface area contributed by atoms with Gasteiger partial charge in [0.2, 0.25) is 0 Å². The first-order valence-electron chi connectivity index (χ1n) is 5.20. The molecule has 0 radical (unpaired) electrons. The average molecular weight is 219 g/mol. The van der Waals surface area contributed by atoms with Gasteiger partial charge in [-0.15, -0.1) is 6.58 Å². The Morgan fingerprint density at radius 1 is 1.56 bits per heavy atom. The third-order valence-corrected chi connectivity index (χ3v) is 2.39. The average Bonchev–Trinajstić information content (AvgIpc) is 2.25. The van der Waals surface area contributed by atoms with E-state index in [4.69, 9.17) is 0 Å². The lowest BCUT2D eigenvalue weighted by atomic mass is 10.0. The smallest absolute Gasteiger partial charge is 0.253 e. The number of carbonyl (C=O) groups excluding carboxylic acids is 1. The van der Waals surface area contributed by atoms with Gasteiger partial charge >= 0.3 is 0 Å². The van der Waals surface area contributed by atoms with E-state index in [-0.39, 0.29) is 0 Å². The fraction of sp³-hybridized carbons (Fsp3) is 0.308. The monoisotopic (exact) mass is 219 g/mol. The van der Waals surface area contributed by atoms with E-state index >= 15 is 0 Å². The summed E-state index contributed by atoms with van der Waals surface area (Å²) in [5.41, 5.74) is 2.67. The first-order chi connectivity index (χ1) is 7.56. The summed E-state index contributed by atoms with van der Waals surface area (Å²) in [7, 11) is 0. The highest BCUT2D eigenvalue weighted by atomic mass is 16.3. The summed E-state index contributed by atoms with van der Waals surface area (Å²) in [5, 5.41) is 12.4. The summed E-state index contributed by atoms with van der Waals surface area (Å²) < 4.78 is 0. The van der Waals surface area contributed by atoms with Crippen molar-refractivity contribution in [3.63, 3.8) is 0 Å². The fourth-order valence-electron chi connectivity index (χ4n) is 1.54. The number of rotatable bonds is 4. The molecule has 3 nitrogen and oxygen atoms in total. The maximum Gasteiger partial charge on any atom is 0.253 e. The Labute approximate surface area is 95.8 Å². The number of benzene rings is 1. The SMILES string of the molecule is C=CCNC(=O)C(O)c1ccc(C)cc1C. The topological polar surface area (TPSA) is 49.3 Å². The summed E-state index contributed by atoms with van der Waals surface area (Å²) in [4.78, 5) is 11.5. The largest absolute Gasteiger partial charge is 0.378 e.